The summed E-state index contributed by atoms with van der Waals surface area (Å²) in [5, 5.41) is 3.08. The van der Waals surface area contributed by atoms with E-state index in [1.807, 2.05) is 14.0 Å². The summed E-state index contributed by atoms with van der Waals surface area (Å²) in [5.74, 6) is -0.537. The highest BCUT2D eigenvalue weighted by Gasteiger charge is 2.13. The minimum Gasteiger partial charge on any atom is -0.497 e. The molecule has 0 fully saturated rings. The maximum absolute atomic E-state index is 14.1. The Hall–Kier alpha value is -1.94. The van der Waals surface area contributed by atoms with Gasteiger partial charge in [0, 0.05) is 23.2 Å². The van der Waals surface area contributed by atoms with E-state index in [0.29, 0.717) is 5.75 Å². The second-order valence-electron chi connectivity index (χ2n) is 4.60. The molecule has 2 rings (SSSR count). The van der Waals surface area contributed by atoms with E-state index >= 15 is 0 Å². The topological polar surface area (TPSA) is 21.3 Å². The molecule has 2 nitrogen and oxygen atoms in total. The summed E-state index contributed by atoms with van der Waals surface area (Å²) in [4.78, 5) is 0. The number of hydrogen-bond acceptors (Lipinski definition) is 2. The molecule has 0 aliphatic heterocycles. The molecule has 4 heteroatoms. The molecule has 1 unspecified atom stereocenters. The summed E-state index contributed by atoms with van der Waals surface area (Å²) in [5.41, 5.74) is 1.39. The molecule has 0 aliphatic carbocycles. The van der Waals surface area contributed by atoms with Crippen molar-refractivity contribution < 1.29 is 13.5 Å². The first-order valence-corrected chi connectivity index (χ1v) is 6.37. The Kier molecular flexibility index (Phi) is 4.35. The molecule has 106 valence electrons. The highest BCUT2D eigenvalue weighted by molar-refractivity contribution is 5.66. The van der Waals surface area contributed by atoms with E-state index in [4.69, 9.17) is 4.74 Å². The number of benzene rings is 2. The summed E-state index contributed by atoms with van der Waals surface area (Å²) >= 11 is 0. The number of methoxy groups -OCH3 is 1. The highest BCUT2D eigenvalue weighted by Crippen LogP contribution is 2.30. The van der Waals surface area contributed by atoms with Gasteiger partial charge in [-0.05, 0) is 43.8 Å². The first-order chi connectivity index (χ1) is 9.56. The Labute approximate surface area is 117 Å². The molecule has 0 radical (unpaired) electrons. The second-order valence-corrected chi connectivity index (χ2v) is 4.60. The van der Waals surface area contributed by atoms with E-state index in [1.165, 1.54) is 25.3 Å². The molecule has 0 spiro atoms. The van der Waals surface area contributed by atoms with Crippen molar-refractivity contribution in [3.8, 4) is 16.9 Å². The fraction of sp³-hybridized carbons (Fsp3) is 0.250. The lowest BCUT2D eigenvalue weighted by molar-refractivity contribution is 0.411. The van der Waals surface area contributed by atoms with Crippen LogP contribution in [0.3, 0.4) is 0 Å². The molecule has 2 aromatic carbocycles. The van der Waals surface area contributed by atoms with Crippen molar-refractivity contribution in [3.05, 3.63) is 53.6 Å². The summed E-state index contributed by atoms with van der Waals surface area (Å²) in [6.07, 6.45) is 0. The minimum atomic E-state index is -0.502. The van der Waals surface area contributed by atoms with Gasteiger partial charge in [-0.25, -0.2) is 8.78 Å². The van der Waals surface area contributed by atoms with Crippen LogP contribution in [0.2, 0.25) is 0 Å². The molecular weight excluding hydrogens is 260 g/mol. The van der Waals surface area contributed by atoms with Crippen molar-refractivity contribution >= 4 is 0 Å². The van der Waals surface area contributed by atoms with Gasteiger partial charge in [0.15, 0.2) is 0 Å². The van der Waals surface area contributed by atoms with Crippen LogP contribution in [0.1, 0.15) is 18.5 Å². The fourth-order valence-electron chi connectivity index (χ4n) is 2.03. The van der Waals surface area contributed by atoms with E-state index in [0.717, 1.165) is 5.56 Å². The number of nitrogens with one attached hydrogen (secondary N) is 1. The first-order valence-electron chi connectivity index (χ1n) is 6.37. The van der Waals surface area contributed by atoms with E-state index in [2.05, 4.69) is 5.32 Å². The zero-order valence-electron chi connectivity index (χ0n) is 11.7. The van der Waals surface area contributed by atoms with Crippen molar-refractivity contribution in [1.29, 1.82) is 0 Å². The maximum atomic E-state index is 14.1. The molecule has 0 aliphatic rings. The van der Waals surface area contributed by atoms with E-state index in [1.54, 1.807) is 18.2 Å². The van der Waals surface area contributed by atoms with Crippen LogP contribution in [0.4, 0.5) is 8.78 Å². The number of hydrogen-bond donors (Lipinski definition) is 1. The molecule has 0 amide bonds. The van der Waals surface area contributed by atoms with Crippen molar-refractivity contribution in [2.45, 2.75) is 13.0 Å². The van der Waals surface area contributed by atoms with Crippen molar-refractivity contribution in [3.63, 3.8) is 0 Å². The largest absolute Gasteiger partial charge is 0.497 e. The zero-order chi connectivity index (χ0) is 14.7. The summed E-state index contributed by atoms with van der Waals surface area (Å²) < 4.78 is 33.0. The third-order valence-electron chi connectivity index (χ3n) is 3.39. The Morgan fingerprint density at radius 2 is 1.75 bits per heavy atom. The summed E-state index contributed by atoms with van der Waals surface area (Å²) in [7, 11) is 3.28. The van der Waals surface area contributed by atoms with Crippen molar-refractivity contribution in [2.75, 3.05) is 14.2 Å². The summed E-state index contributed by atoms with van der Waals surface area (Å²) in [6, 6.07) is 9.19. The Balaban J connectivity index is 2.51. The number of halogens is 2. The van der Waals surface area contributed by atoms with Gasteiger partial charge >= 0.3 is 0 Å². The fourth-order valence-corrected chi connectivity index (χ4v) is 2.03. The molecular formula is C16H17F2NO. The van der Waals surface area contributed by atoms with Crippen LogP contribution in [0, 0.1) is 11.6 Å². The quantitative estimate of drug-likeness (QED) is 0.914. The zero-order valence-corrected chi connectivity index (χ0v) is 11.7. The average Bonchev–Trinajstić information content (AvgIpc) is 2.47. The van der Waals surface area contributed by atoms with E-state index in [-0.39, 0.29) is 17.2 Å². The minimum absolute atomic E-state index is 0.0654. The maximum Gasteiger partial charge on any atom is 0.134 e. The predicted octanol–water partition coefficient (Wildman–Crippen LogP) is 3.92. The Morgan fingerprint density at radius 3 is 2.35 bits per heavy atom. The van der Waals surface area contributed by atoms with Gasteiger partial charge in [-0.15, -0.1) is 0 Å². The third-order valence-corrected chi connectivity index (χ3v) is 3.39. The van der Waals surface area contributed by atoms with Gasteiger partial charge in [-0.1, -0.05) is 6.07 Å². The van der Waals surface area contributed by atoms with Crippen LogP contribution in [-0.4, -0.2) is 14.2 Å². The first kappa shape index (κ1) is 14.5. The summed E-state index contributed by atoms with van der Waals surface area (Å²) in [6.45, 7) is 1.96. The van der Waals surface area contributed by atoms with Gasteiger partial charge in [0.25, 0.3) is 0 Å². The molecule has 1 N–H and O–H groups in total. The normalized spacial score (nSPS) is 12.2. The van der Waals surface area contributed by atoms with Crippen LogP contribution in [0.15, 0.2) is 36.4 Å². The van der Waals surface area contributed by atoms with Crippen molar-refractivity contribution in [1.82, 2.24) is 5.32 Å². The van der Waals surface area contributed by atoms with Gasteiger partial charge in [0.05, 0.1) is 7.11 Å². The molecule has 1 atom stereocenters. The lowest BCUT2D eigenvalue weighted by atomic mass is 9.99. The monoisotopic (exact) mass is 277 g/mol. The van der Waals surface area contributed by atoms with Crippen LogP contribution in [0.5, 0.6) is 5.75 Å². The molecule has 20 heavy (non-hydrogen) atoms. The standard InChI is InChI=1S/C16H17F2NO/c1-10(19-2)11-4-7-15(17)14(8-11)13-6-5-12(20-3)9-16(13)18/h4-10,19H,1-3H3. The van der Waals surface area contributed by atoms with Crippen LogP contribution in [0.25, 0.3) is 11.1 Å². The predicted molar refractivity (Wildman–Crippen MR) is 75.8 cm³/mol. The SMILES string of the molecule is CNC(C)c1ccc(F)c(-c2ccc(OC)cc2F)c1. The molecule has 0 saturated carbocycles. The van der Waals surface area contributed by atoms with E-state index in [9.17, 15) is 8.78 Å². The van der Waals surface area contributed by atoms with Crippen LogP contribution in [-0.2, 0) is 0 Å². The van der Waals surface area contributed by atoms with Gasteiger partial charge in [0.2, 0.25) is 0 Å². The Morgan fingerprint density at radius 1 is 1.00 bits per heavy atom. The van der Waals surface area contributed by atoms with Crippen LogP contribution >= 0.6 is 0 Å². The smallest absolute Gasteiger partial charge is 0.134 e. The average molecular weight is 277 g/mol. The molecule has 2 aromatic rings. The Bertz CT molecular complexity index is 613. The van der Waals surface area contributed by atoms with Gasteiger partial charge < -0.3 is 10.1 Å². The lowest BCUT2D eigenvalue weighted by Crippen LogP contribution is -2.12. The molecule has 0 saturated heterocycles. The van der Waals surface area contributed by atoms with Gasteiger partial charge in [0.1, 0.15) is 17.4 Å². The van der Waals surface area contributed by atoms with Crippen LogP contribution < -0.4 is 10.1 Å². The molecule has 0 aromatic heterocycles. The highest BCUT2D eigenvalue weighted by atomic mass is 19.1. The van der Waals surface area contributed by atoms with Crippen molar-refractivity contribution in [2.24, 2.45) is 0 Å². The van der Waals surface area contributed by atoms with Gasteiger partial charge in [-0.3, -0.25) is 0 Å². The third kappa shape index (κ3) is 2.80. The van der Waals surface area contributed by atoms with Gasteiger partial charge in [-0.2, -0.15) is 0 Å². The molecule has 0 heterocycles. The number of ether oxygens (including phenoxy) is 1. The lowest BCUT2D eigenvalue weighted by Gasteiger charge is -2.13. The second kappa shape index (κ2) is 6.01. The van der Waals surface area contributed by atoms with E-state index < -0.39 is 11.6 Å². The number of rotatable bonds is 4. The molecule has 0 bridgehead atoms.